The number of aliphatic carboxylic acids is 1. The second-order valence-corrected chi connectivity index (χ2v) is 15.3. The second-order valence-electron chi connectivity index (χ2n) is 14.4. The first-order valence-electron chi connectivity index (χ1n) is 18.7. The molecule has 12 heteroatoms. The molecular weight excluding hydrogens is 667 g/mol. The predicted octanol–water partition coefficient (Wildman–Crippen LogP) is 5.95. The highest BCUT2D eigenvalue weighted by Crippen LogP contribution is 2.31. The standard InChI is InChI=1S/C39H61N5O6S/c1-9-28(10-2)34(42-36(46)31-19-15-16-20-43(31)7)38(47)44(8)32(25(4)5)23-33(50-11-3)37-41-30(24-51-37)35(45)40-29(21-26(6)39(48)49)22-27-17-13-12-14-18-27/h12-14,17-18,24-26,28-29,31-34H,9-11,15-16,19-23H2,1-8H3,(H,40,45)(H,42,46)(H,48,49)/t26?,29?,31-,32?,33?,34?/m1/s1. The number of carbonyl (C=O) groups is 4. The van der Waals surface area contributed by atoms with Crippen LogP contribution in [0.5, 0.6) is 0 Å². The van der Waals surface area contributed by atoms with Gasteiger partial charge in [0.25, 0.3) is 5.91 Å². The van der Waals surface area contributed by atoms with Crippen LogP contribution in [0.1, 0.15) is 114 Å². The van der Waals surface area contributed by atoms with E-state index in [1.54, 1.807) is 17.2 Å². The van der Waals surface area contributed by atoms with Crippen LogP contribution in [0, 0.1) is 17.8 Å². The van der Waals surface area contributed by atoms with Crippen LogP contribution < -0.4 is 10.6 Å². The summed E-state index contributed by atoms with van der Waals surface area (Å²) < 4.78 is 6.21. The highest BCUT2D eigenvalue weighted by Gasteiger charge is 2.37. The van der Waals surface area contributed by atoms with Crippen LogP contribution in [0.4, 0.5) is 0 Å². The quantitative estimate of drug-likeness (QED) is 0.152. The molecule has 1 aliphatic rings. The van der Waals surface area contributed by atoms with E-state index in [0.717, 1.165) is 44.2 Å². The maximum atomic E-state index is 14.3. The van der Waals surface area contributed by atoms with Gasteiger partial charge in [-0.15, -0.1) is 11.3 Å². The van der Waals surface area contributed by atoms with Crippen LogP contribution in [-0.4, -0.2) is 95.0 Å². The molecule has 51 heavy (non-hydrogen) atoms. The lowest BCUT2D eigenvalue weighted by Crippen LogP contribution is -2.58. The van der Waals surface area contributed by atoms with Gasteiger partial charge in [0.15, 0.2) is 0 Å². The first kappa shape index (κ1) is 42.1. The molecule has 5 unspecified atom stereocenters. The summed E-state index contributed by atoms with van der Waals surface area (Å²) in [6, 6.07) is 8.18. The number of carboxylic acids is 1. The van der Waals surface area contributed by atoms with Crippen molar-refractivity contribution in [3.8, 4) is 0 Å². The van der Waals surface area contributed by atoms with E-state index in [0.29, 0.717) is 24.5 Å². The molecule has 284 valence electrons. The zero-order valence-corrected chi connectivity index (χ0v) is 32.7. The van der Waals surface area contributed by atoms with Gasteiger partial charge in [0.2, 0.25) is 11.8 Å². The van der Waals surface area contributed by atoms with Crippen LogP contribution in [0.3, 0.4) is 0 Å². The van der Waals surface area contributed by atoms with E-state index in [9.17, 15) is 24.3 Å². The van der Waals surface area contributed by atoms with Crippen LogP contribution in [0.25, 0.3) is 0 Å². The molecule has 0 bridgehead atoms. The van der Waals surface area contributed by atoms with Crippen molar-refractivity contribution in [1.29, 1.82) is 0 Å². The lowest BCUT2D eigenvalue weighted by Gasteiger charge is -2.38. The smallest absolute Gasteiger partial charge is 0.306 e. The minimum atomic E-state index is -0.911. The molecule has 1 aromatic heterocycles. The number of carboxylic acid groups (broad SMARTS) is 1. The van der Waals surface area contributed by atoms with Gasteiger partial charge in [0.1, 0.15) is 22.8 Å². The van der Waals surface area contributed by atoms with E-state index in [1.807, 2.05) is 51.4 Å². The molecule has 2 heterocycles. The van der Waals surface area contributed by atoms with E-state index in [-0.39, 0.29) is 53.8 Å². The number of carbonyl (C=O) groups excluding carboxylic acids is 3. The number of hydrogen-bond donors (Lipinski definition) is 3. The van der Waals surface area contributed by atoms with Gasteiger partial charge in [-0.05, 0) is 63.6 Å². The Morgan fingerprint density at radius 3 is 2.31 bits per heavy atom. The Morgan fingerprint density at radius 2 is 1.73 bits per heavy atom. The van der Waals surface area contributed by atoms with Crippen molar-refractivity contribution in [3.05, 3.63) is 52.0 Å². The summed E-state index contributed by atoms with van der Waals surface area (Å²) >= 11 is 1.34. The molecule has 3 rings (SSSR count). The lowest BCUT2D eigenvalue weighted by molar-refractivity contribution is -0.142. The third-order valence-corrected chi connectivity index (χ3v) is 11.3. The molecule has 0 spiro atoms. The van der Waals surface area contributed by atoms with Crippen LogP contribution in [0.2, 0.25) is 0 Å². The maximum absolute atomic E-state index is 14.3. The summed E-state index contributed by atoms with van der Waals surface area (Å²) in [5.74, 6) is -2.03. The third kappa shape index (κ3) is 12.1. The number of piperidine rings is 1. The van der Waals surface area contributed by atoms with Gasteiger partial charge in [0.05, 0.1) is 12.0 Å². The SMILES string of the molecule is CCOC(CC(C(C)C)N(C)C(=O)C(NC(=O)[C@H]1CCCCN1C)C(CC)CC)c1nc(C(=O)NC(Cc2ccccc2)CC(C)C(=O)O)cs1. The molecule has 0 aliphatic carbocycles. The number of ether oxygens (including phenoxy) is 1. The van der Waals surface area contributed by atoms with Crippen molar-refractivity contribution in [3.63, 3.8) is 0 Å². The number of nitrogens with one attached hydrogen (secondary N) is 2. The molecule has 1 aromatic carbocycles. The van der Waals surface area contributed by atoms with Crippen LogP contribution in [-0.2, 0) is 25.5 Å². The highest BCUT2D eigenvalue weighted by atomic mass is 32.1. The minimum absolute atomic E-state index is 0.00228. The Balaban J connectivity index is 1.79. The molecule has 0 radical (unpaired) electrons. The fourth-order valence-electron chi connectivity index (χ4n) is 7.14. The number of nitrogens with zero attached hydrogens (tertiary/aromatic N) is 3. The van der Waals surface area contributed by atoms with Gasteiger partial charge in [0, 0.05) is 37.5 Å². The molecule has 3 amide bonds. The van der Waals surface area contributed by atoms with Crippen molar-refractivity contribution >= 4 is 35.0 Å². The van der Waals surface area contributed by atoms with Gasteiger partial charge in [-0.25, -0.2) is 4.98 Å². The van der Waals surface area contributed by atoms with Gasteiger partial charge in [-0.1, -0.05) is 84.2 Å². The number of rotatable bonds is 20. The summed E-state index contributed by atoms with van der Waals surface area (Å²) in [5.41, 5.74) is 1.25. The number of thiazole rings is 1. The molecule has 2 aromatic rings. The largest absolute Gasteiger partial charge is 0.481 e. The first-order valence-corrected chi connectivity index (χ1v) is 19.6. The molecule has 6 atom stereocenters. The predicted molar refractivity (Wildman–Crippen MR) is 202 cm³/mol. The Hall–Kier alpha value is -3.35. The zero-order chi connectivity index (χ0) is 37.7. The van der Waals surface area contributed by atoms with Gasteiger partial charge in [-0.2, -0.15) is 0 Å². The fourth-order valence-corrected chi connectivity index (χ4v) is 8.00. The Kier molecular flexibility index (Phi) is 17.0. The first-order chi connectivity index (χ1) is 24.3. The van der Waals surface area contributed by atoms with E-state index in [1.165, 1.54) is 11.3 Å². The van der Waals surface area contributed by atoms with E-state index >= 15 is 0 Å². The number of likely N-dealkylation sites (N-methyl/N-ethyl adjacent to an activating group) is 2. The average molecular weight is 728 g/mol. The normalized spacial score (nSPS) is 18.1. The number of benzene rings is 1. The van der Waals surface area contributed by atoms with Crippen LogP contribution in [0.15, 0.2) is 35.7 Å². The van der Waals surface area contributed by atoms with Gasteiger partial charge in [-0.3, -0.25) is 24.1 Å². The van der Waals surface area contributed by atoms with Crippen molar-refractivity contribution in [2.45, 2.75) is 123 Å². The molecule has 1 saturated heterocycles. The van der Waals surface area contributed by atoms with Gasteiger partial charge < -0.3 is 25.4 Å². The zero-order valence-electron chi connectivity index (χ0n) is 31.9. The summed E-state index contributed by atoms with van der Waals surface area (Å²) in [4.78, 5) is 61.6. The summed E-state index contributed by atoms with van der Waals surface area (Å²) in [6.07, 6.45) is 5.16. The molecule has 0 saturated carbocycles. The molecule has 1 fully saturated rings. The highest BCUT2D eigenvalue weighted by molar-refractivity contribution is 7.09. The van der Waals surface area contributed by atoms with E-state index in [2.05, 4.69) is 43.2 Å². The number of aromatic nitrogens is 1. The lowest BCUT2D eigenvalue weighted by atomic mass is 9.90. The van der Waals surface area contributed by atoms with Crippen molar-refractivity contribution in [1.82, 2.24) is 25.4 Å². The minimum Gasteiger partial charge on any atom is -0.481 e. The summed E-state index contributed by atoms with van der Waals surface area (Å²) in [6.45, 7) is 13.1. The second kappa shape index (κ2) is 20.6. The number of hydrogen-bond acceptors (Lipinski definition) is 8. The Bertz CT molecular complexity index is 1400. The summed E-state index contributed by atoms with van der Waals surface area (Å²) in [5, 5.41) is 18.1. The Morgan fingerprint density at radius 1 is 1.04 bits per heavy atom. The summed E-state index contributed by atoms with van der Waals surface area (Å²) in [7, 11) is 3.79. The van der Waals surface area contributed by atoms with E-state index < -0.39 is 30.1 Å². The monoisotopic (exact) mass is 727 g/mol. The van der Waals surface area contributed by atoms with Crippen molar-refractivity contribution in [2.75, 3.05) is 27.2 Å². The molecule has 3 N–H and O–H groups in total. The molecule has 1 aliphatic heterocycles. The van der Waals surface area contributed by atoms with Crippen LogP contribution >= 0.6 is 11.3 Å². The third-order valence-electron chi connectivity index (χ3n) is 10.3. The van der Waals surface area contributed by atoms with E-state index in [4.69, 9.17) is 9.72 Å². The van der Waals surface area contributed by atoms with Crippen molar-refractivity contribution in [2.24, 2.45) is 17.8 Å². The molecular formula is C39H61N5O6S. The topological polar surface area (TPSA) is 141 Å². The fraction of sp³-hybridized carbons (Fsp3) is 0.667. The van der Waals surface area contributed by atoms with Crippen molar-refractivity contribution < 1.29 is 29.0 Å². The molecule has 11 nitrogen and oxygen atoms in total. The number of amides is 3. The van der Waals surface area contributed by atoms with Gasteiger partial charge >= 0.3 is 5.97 Å². The maximum Gasteiger partial charge on any atom is 0.306 e. The average Bonchev–Trinajstić information content (AvgIpc) is 3.60. The Labute approximate surface area is 308 Å². The number of likely N-dealkylation sites (tertiary alicyclic amines) is 1.